The van der Waals surface area contributed by atoms with Crippen LogP contribution in [0.1, 0.15) is 67.7 Å². The minimum absolute atomic E-state index is 0.103. The molecule has 7 nitrogen and oxygen atoms in total. The van der Waals surface area contributed by atoms with Crippen molar-refractivity contribution in [3.63, 3.8) is 0 Å². The van der Waals surface area contributed by atoms with Gasteiger partial charge in [-0.25, -0.2) is 4.79 Å². The van der Waals surface area contributed by atoms with E-state index in [1.807, 2.05) is 34.6 Å². The first-order chi connectivity index (χ1) is 15.4. The number of halogens is 2. The predicted octanol–water partition coefficient (Wildman–Crippen LogP) is 6.57. The molecule has 1 aromatic carbocycles. The molecule has 1 saturated heterocycles. The fourth-order valence-corrected chi connectivity index (χ4v) is 2.53. The molecule has 0 N–H and O–H groups in total. The highest BCUT2D eigenvalue weighted by molar-refractivity contribution is 6.42. The van der Waals surface area contributed by atoms with Gasteiger partial charge in [0.25, 0.3) is 0 Å². The van der Waals surface area contributed by atoms with Crippen LogP contribution < -0.4 is 4.74 Å². The normalized spacial score (nSPS) is 12.0. The summed E-state index contributed by atoms with van der Waals surface area (Å²) in [5.74, 6) is 0.118. The summed E-state index contributed by atoms with van der Waals surface area (Å²) >= 11 is 11.3. The second kappa shape index (κ2) is 18.4. The third-order valence-electron chi connectivity index (χ3n) is 3.58. The molecule has 9 heteroatoms. The number of likely N-dealkylation sites (tertiary alicyclic amines) is 1. The number of hydrogen-bond acceptors (Lipinski definition) is 6. The van der Waals surface area contributed by atoms with Crippen LogP contribution in [-0.4, -0.2) is 55.2 Å². The number of amides is 1. The summed E-state index contributed by atoms with van der Waals surface area (Å²) in [7, 11) is 1.58. The molecule has 2 rings (SSSR count). The van der Waals surface area contributed by atoms with Crippen molar-refractivity contribution >= 4 is 41.0 Å². The highest BCUT2D eigenvalue weighted by Crippen LogP contribution is 2.25. The Hall–Kier alpha value is -1.99. The molecular weight excluding hydrogens is 469 g/mol. The number of hydrogen-bond donors (Lipinski definition) is 0. The van der Waals surface area contributed by atoms with E-state index in [-0.39, 0.29) is 23.9 Å². The maximum Gasteiger partial charge on any atom is 0.410 e. The van der Waals surface area contributed by atoms with Gasteiger partial charge < -0.3 is 19.1 Å². The number of nitrogens with zero attached hydrogens (tertiary/aromatic N) is 1. The summed E-state index contributed by atoms with van der Waals surface area (Å²) in [5, 5.41) is 1.06. The summed E-state index contributed by atoms with van der Waals surface area (Å²) in [5.41, 5.74) is -0.361. The number of Topliss-reactive ketones (excluding diaryl/α,β-unsaturated/α-hetero) is 1. The third-order valence-corrected chi connectivity index (χ3v) is 4.32. The first-order valence-corrected chi connectivity index (χ1v) is 11.8. The summed E-state index contributed by atoms with van der Waals surface area (Å²) in [6.07, 6.45) is 1.95. The van der Waals surface area contributed by atoms with Crippen molar-refractivity contribution < 1.29 is 28.6 Å². The van der Waals surface area contributed by atoms with Crippen LogP contribution in [0.2, 0.25) is 10.0 Å². The van der Waals surface area contributed by atoms with Crippen molar-refractivity contribution in [2.24, 2.45) is 0 Å². The molecule has 0 spiro atoms. The number of carbonyl (C=O) groups excluding carboxylic acids is 3. The molecule has 1 aliphatic rings. The smallest absolute Gasteiger partial charge is 0.410 e. The lowest BCUT2D eigenvalue weighted by molar-refractivity contribution is -0.145. The van der Waals surface area contributed by atoms with Gasteiger partial charge in [-0.05, 0) is 59.6 Å². The van der Waals surface area contributed by atoms with Crippen LogP contribution in [0.4, 0.5) is 4.79 Å². The summed E-state index contributed by atoms with van der Waals surface area (Å²) in [4.78, 5) is 33.8. The minimum atomic E-state index is -0.440. The summed E-state index contributed by atoms with van der Waals surface area (Å²) in [6.45, 7) is 14.8. The van der Waals surface area contributed by atoms with Crippen molar-refractivity contribution in [2.75, 3.05) is 26.8 Å². The van der Waals surface area contributed by atoms with Gasteiger partial charge in [0.1, 0.15) is 23.6 Å². The molecule has 0 saturated carbocycles. The number of rotatable bonds is 4. The van der Waals surface area contributed by atoms with Crippen molar-refractivity contribution in [1.29, 1.82) is 0 Å². The topological polar surface area (TPSA) is 82.1 Å². The Morgan fingerprint density at radius 2 is 1.58 bits per heavy atom. The minimum Gasteiger partial charge on any atom is -0.497 e. The van der Waals surface area contributed by atoms with Crippen LogP contribution in [0.25, 0.3) is 0 Å². The highest BCUT2D eigenvalue weighted by atomic mass is 35.5. The molecule has 190 valence electrons. The molecule has 0 unspecified atom stereocenters. The van der Waals surface area contributed by atoms with Crippen LogP contribution in [0.3, 0.4) is 0 Å². The van der Waals surface area contributed by atoms with E-state index in [0.717, 1.165) is 31.7 Å². The summed E-state index contributed by atoms with van der Waals surface area (Å²) < 4.78 is 14.6. The standard InChI is InChI=1S/C9H17NO2.C7H6Cl2O.C6H10O3.C2H6/c1-9(2,3)12-8(11)10-6-4-5-7-10;1-10-5-2-3-6(8)7(9)4-5;1-3-9-6(8)4-5(2)7;1-2/h4-7H2,1-3H3;2-4H,1H3;3-4H2,1-2H3;1-2H3. The second-order valence-electron chi connectivity index (χ2n) is 7.64. The lowest BCUT2D eigenvalue weighted by Crippen LogP contribution is -2.34. The van der Waals surface area contributed by atoms with Crippen LogP contribution in [0.5, 0.6) is 5.75 Å². The SMILES string of the molecule is CC.CC(C)(C)OC(=O)N1CCCC1.CCOC(=O)CC(C)=O.COc1ccc(Cl)c(Cl)c1. The first-order valence-electron chi connectivity index (χ1n) is 11.0. The van der Waals surface area contributed by atoms with Crippen molar-refractivity contribution in [3.8, 4) is 5.75 Å². The van der Waals surface area contributed by atoms with E-state index in [0.29, 0.717) is 16.7 Å². The monoisotopic (exact) mass is 507 g/mol. The van der Waals surface area contributed by atoms with Gasteiger partial charge in [-0.3, -0.25) is 9.59 Å². The number of benzene rings is 1. The average molecular weight is 508 g/mol. The number of esters is 1. The van der Waals surface area contributed by atoms with Gasteiger partial charge in [0.05, 0.1) is 23.8 Å². The first kappa shape index (κ1) is 33.2. The molecule has 1 amide bonds. The van der Waals surface area contributed by atoms with E-state index in [1.165, 1.54) is 6.92 Å². The molecule has 1 heterocycles. The van der Waals surface area contributed by atoms with E-state index in [9.17, 15) is 14.4 Å². The molecule has 0 bridgehead atoms. The highest BCUT2D eigenvalue weighted by Gasteiger charge is 2.23. The van der Waals surface area contributed by atoms with Crippen molar-refractivity contribution in [2.45, 2.75) is 73.3 Å². The second-order valence-corrected chi connectivity index (χ2v) is 8.45. The molecule has 0 radical (unpaired) electrons. The van der Waals surface area contributed by atoms with Crippen LogP contribution in [0.15, 0.2) is 18.2 Å². The van der Waals surface area contributed by atoms with Gasteiger partial charge in [0.2, 0.25) is 0 Å². The van der Waals surface area contributed by atoms with E-state index in [1.54, 1.807) is 37.1 Å². The molecule has 0 aromatic heterocycles. The number of methoxy groups -OCH3 is 1. The van der Waals surface area contributed by atoms with Crippen LogP contribution in [0, 0.1) is 0 Å². The largest absolute Gasteiger partial charge is 0.497 e. The molecule has 1 aromatic rings. The van der Waals surface area contributed by atoms with Crippen molar-refractivity contribution in [1.82, 2.24) is 4.90 Å². The van der Waals surface area contributed by atoms with Crippen LogP contribution in [-0.2, 0) is 19.1 Å². The van der Waals surface area contributed by atoms with E-state index in [2.05, 4.69) is 4.74 Å². The lowest BCUT2D eigenvalue weighted by atomic mass is 10.2. The van der Waals surface area contributed by atoms with Gasteiger partial charge in [-0.1, -0.05) is 37.0 Å². The fourth-order valence-electron chi connectivity index (χ4n) is 2.25. The maximum absolute atomic E-state index is 11.4. The van der Waals surface area contributed by atoms with Gasteiger partial charge in [-0.15, -0.1) is 0 Å². The Bertz CT molecular complexity index is 713. The Morgan fingerprint density at radius 3 is 1.97 bits per heavy atom. The van der Waals surface area contributed by atoms with E-state index in [4.69, 9.17) is 32.7 Å². The number of carbonyl (C=O) groups is 3. The van der Waals surface area contributed by atoms with Gasteiger partial charge >= 0.3 is 12.1 Å². The zero-order valence-electron chi connectivity index (χ0n) is 21.1. The zero-order valence-corrected chi connectivity index (χ0v) is 22.6. The molecule has 1 aliphatic heterocycles. The molecule has 0 aliphatic carbocycles. The Labute approximate surface area is 208 Å². The lowest BCUT2D eigenvalue weighted by Gasteiger charge is -2.23. The number of ether oxygens (including phenoxy) is 3. The Balaban J connectivity index is 0. The van der Waals surface area contributed by atoms with Crippen molar-refractivity contribution in [3.05, 3.63) is 28.2 Å². The van der Waals surface area contributed by atoms with E-state index >= 15 is 0 Å². The zero-order chi connectivity index (χ0) is 26.0. The molecule has 33 heavy (non-hydrogen) atoms. The maximum atomic E-state index is 11.4. The molecule has 0 atom stereocenters. The Morgan fingerprint density at radius 1 is 1.03 bits per heavy atom. The third kappa shape index (κ3) is 18.2. The molecule has 1 fully saturated rings. The summed E-state index contributed by atoms with van der Waals surface area (Å²) in [6, 6.07) is 5.13. The van der Waals surface area contributed by atoms with Gasteiger partial charge in [-0.2, -0.15) is 0 Å². The van der Waals surface area contributed by atoms with Crippen LogP contribution >= 0.6 is 23.2 Å². The van der Waals surface area contributed by atoms with Gasteiger partial charge in [0.15, 0.2) is 0 Å². The average Bonchev–Trinajstić information content (AvgIpc) is 3.26. The number of ketones is 1. The molecular formula is C24H39Cl2NO6. The van der Waals surface area contributed by atoms with Gasteiger partial charge in [0, 0.05) is 19.2 Å². The van der Waals surface area contributed by atoms with E-state index < -0.39 is 5.97 Å². The predicted molar refractivity (Wildman–Crippen MR) is 133 cm³/mol. The quantitative estimate of drug-likeness (QED) is 0.338. The fraction of sp³-hybridized carbons (Fsp3) is 0.625. The Kier molecular flexibility index (Phi) is 18.5.